The fraction of sp³-hybridized carbons (Fsp3) is 0.278. The van der Waals surface area contributed by atoms with Crippen molar-refractivity contribution < 1.29 is 14.3 Å². The number of nitrogens with one attached hydrogen (secondary N) is 1. The molecule has 1 amide bonds. The van der Waals surface area contributed by atoms with Crippen molar-refractivity contribution in [2.24, 2.45) is 0 Å². The molecule has 120 valence electrons. The molecule has 0 unspecified atom stereocenters. The maximum Gasteiger partial charge on any atom is 0.255 e. The highest BCUT2D eigenvalue weighted by Gasteiger charge is 2.12. The number of anilines is 2. The molecule has 23 heavy (non-hydrogen) atoms. The van der Waals surface area contributed by atoms with Crippen LogP contribution < -0.4 is 15.0 Å². The molecule has 5 nitrogen and oxygen atoms in total. The van der Waals surface area contributed by atoms with Gasteiger partial charge in [-0.2, -0.15) is 0 Å². The highest BCUT2D eigenvalue weighted by Crippen LogP contribution is 2.21. The van der Waals surface area contributed by atoms with Crippen molar-refractivity contribution in [3.63, 3.8) is 0 Å². The van der Waals surface area contributed by atoms with E-state index in [0.29, 0.717) is 11.3 Å². The molecule has 0 saturated carbocycles. The lowest BCUT2D eigenvalue weighted by atomic mass is 10.2. The molecule has 0 radical (unpaired) electrons. The number of hydrogen-bond acceptors (Lipinski definition) is 4. The molecule has 3 rings (SSSR count). The number of nitrogens with zero attached hydrogens (tertiary/aromatic N) is 1. The first-order valence-corrected chi connectivity index (χ1v) is 7.64. The summed E-state index contributed by atoms with van der Waals surface area (Å²) in [5.74, 6) is 0.516. The first-order chi connectivity index (χ1) is 11.3. The van der Waals surface area contributed by atoms with Crippen LogP contribution in [0.25, 0.3) is 0 Å². The van der Waals surface area contributed by atoms with Crippen LogP contribution >= 0.6 is 0 Å². The summed E-state index contributed by atoms with van der Waals surface area (Å²) < 4.78 is 10.5. The number of carbonyl (C=O) groups excluding carboxylic acids is 1. The lowest BCUT2D eigenvalue weighted by Gasteiger charge is -2.29. The quantitative estimate of drug-likeness (QED) is 0.943. The van der Waals surface area contributed by atoms with Crippen LogP contribution in [0.2, 0.25) is 0 Å². The molecule has 0 spiro atoms. The Morgan fingerprint density at radius 3 is 2.70 bits per heavy atom. The van der Waals surface area contributed by atoms with E-state index in [0.717, 1.165) is 37.7 Å². The van der Waals surface area contributed by atoms with Crippen molar-refractivity contribution in [3.8, 4) is 5.75 Å². The number of carbonyl (C=O) groups is 1. The average Bonchev–Trinajstić information content (AvgIpc) is 2.63. The lowest BCUT2D eigenvalue weighted by Crippen LogP contribution is -2.36. The SMILES string of the molecule is COc1cccc(C(=O)Nc2cccc(N3CCOCC3)c2)c1. The van der Waals surface area contributed by atoms with Crippen LogP contribution in [0.4, 0.5) is 11.4 Å². The van der Waals surface area contributed by atoms with E-state index < -0.39 is 0 Å². The van der Waals surface area contributed by atoms with Crippen molar-refractivity contribution in [1.82, 2.24) is 0 Å². The standard InChI is InChI=1S/C18H20N2O3/c1-22-17-7-2-4-14(12-17)18(21)19-15-5-3-6-16(13-15)20-8-10-23-11-9-20/h2-7,12-13H,8-11H2,1H3,(H,19,21). The van der Waals surface area contributed by atoms with E-state index in [9.17, 15) is 4.79 Å². The van der Waals surface area contributed by atoms with Crippen LogP contribution in [0.15, 0.2) is 48.5 Å². The summed E-state index contributed by atoms with van der Waals surface area (Å²) in [7, 11) is 1.59. The lowest BCUT2D eigenvalue weighted by molar-refractivity contribution is 0.102. The van der Waals surface area contributed by atoms with Gasteiger partial charge in [0.05, 0.1) is 20.3 Å². The first kappa shape index (κ1) is 15.4. The Kier molecular flexibility index (Phi) is 4.78. The van der Waals surface area contributed by atoms with E-state index in [1.807, 2.05) is 30.3 Å². The summed E-state index contributed by atoms with van der Waals surface area (Å²) in [5.41, 5.74) is 2.44. The minimum absolute atomic E-state index is 0.150. The number of benzene rings is 2. The van der Waals surface area contributed by atoms with E-state index in [-0.39, 0.29) is 5.91 Å². The Morgan fingerprint density at radius 2 is 1.91 bits per heavy atom. The second kappa shape index (κ2) is 7.15. The van der Waals surface area contributed by atoms with E-state index in [1.165, 1.54) is 0 Å². The van der Waals surface area contributed by atoms with Crippen LogP contribution in [0, 0.1) is 0 Å². The summed E-state index contributed by atoms with van der Waals surface area (Å²) in [4.78, 5) is 14.6. The topological polar surface area (TPSA) is 50.8 Å². The Morgan fingerprint density at radius 1 is 1.13 bits per heavy atom. The first-order valence-electron chi connectivity index (χ1n) is 7.64. The van der Waals surface area contributed by atoms with Gasteiger partial charge in [0.1, 0.15) is 5.75 Å². The molecule has 0 aliphatic carbocycles. The monoisotopic (exact) mass is 312 g/mol. The molecule has 0 aromatic heterocycles. The predicted molar refractivity (Wildman–Crippen MR) is 90.4 cm³/mol. The van der Waals surface area contributed by atoms with Gasteiger partial charge in [-0.05, 0) is 36.4 Å². The number of rotatable bonds is 4. The van der Waals surface area contributed by atoms with Gasteiger partial charge in [0.2, 0.25) is 0 Å². The van der Waals surface area contributed by atoms with E-state index >= 15 is 0 Å². The summed E-state index contributed by atoms with van der Waals surface area (Å²) in [6.07, 6.45) is 0. The zero-order valence-electron chi connectivity index (χ0n) is 13.1. The molecule has 1 saturated heterocycles. The molecular formula is C18H20N2O3. The summed E-state index contributed by atoms with van der Waals surface area (Å²) >= 11 is 0. The normalized spacial score (nSPS) is 14.4. The van der Waals surface area contributed by atoms with Crippen molar-refractivity contribution in [3.05, 3.63) is 54.1 Å². The van der Waals surface area contributed by atoms with Crippen LogP contribution in [-0.4, -0.2) is 39.3 Å². The highest BCUT2D eigenvalue weighted by atomic mass is 16.5. The third-order valence-electron chi connectivity index (χ3n) is 3.81. The van der Waals surface area contributed by atoms with E-state index in [2.05, 4.69) is 10.2 Å². The Hall–Kier alpha value is -2.53. The maximum absolute atomic E-state index is 12.4. The number of amides is 1. The van der Waals surface area contributed by atoms with E-state index in [1.54, 1.807) is 25.3 Å². The molecule has 1 aliphatic rings. The number of morpholine rings is 1. The molecule has 1 fully saturated rings. The van der Waals surface area contributed by atoms with Crippen molar-refractivity contribution in [2.45, 2.75) is 0 Å². The molecule has 1 aliphatic heterocycles. The van der Waals surface area contributed by atoms with Crippen LogP contribution in [0.5, 0.6) is 5.75 Å². The van der Waals surface area contributed by atoms with Crippen molar-refractivity contribution in [2.75, 3.05) is 43.6 Å². The Bertz CT molecular complexity index is 681. The Balaban J connectivity index is 1.73. The predicted octanol–water partition coefficient (Wildman–Crippen LogP) is 2.78. The summed E-state index contributed by atoms with van der Waals surface area (Å²) in [5, 5.41) is 2.94. The van der Waals surface area contributed by atoms with Gasteiger partial charge in [-0.15, -0.1) is 0 Å². The van der Waals surface area contributed by atoms with Gasteiger partial charge in [0, 0.05) is 30.0 Å². The molecule has 1 heterocycles. The number of hydrogen-bond donors (Lipinski definition) is 1. The van der Waals surface area contributed by atoms with Gasteiger partial charge in [-0.1, -0.05) is 12.1 Å². The highest BCUT2D eigenvalue weighted by molar-refractivity contribution is 6.04. The van der Waals surface area contributed by atoms with Gasteiger partial charge in [-0.3, -0.25) is 4.79 Å². The minimum Gasteiger partial charge on any atom is -0.497 e. The molecule has 2 aromatic carbocycles. The summed E-state index contributed by atoms with van der Waals surface area (Å²) in [6.45, 7) is 3.21. The van der Waals surface area contributed by atoms with Crippen LogP contribution in [0.1, 0.15) is 10.4 Å². The molecule has 2 aromatic rings. The van der Waals surface area contributed by atoms with Gasteiger partial charge >= 0.3 is 0 Å². The van der Waals surface area contributed by atoms with E-state index in [4.69, 9.17) is 9.47 Å². The number of methoxy groups -OCH3 is 1. The van der Waals surface area contributed by atoms with Gasteiger partial charge in [0.25, 0.3) is 5.91 Å². The third kappa shape index (κ3) is 3.81. The fourth-order valence-corrected chi connectivity index (χ4v) is 2.57. The number of ether oxygens (including phenoxy) is 2. The fourth-order valence-electron chi connectivity index (χ4n) is 2.57. The zero-order valence-corrected chi connectivity index (χ0v) is 13.1. The van der Waals surface area contributed by atoms with Crippen molar-refractivity contribution >= 4 is 17.3 Å². The largest absolute Gasteiger partial charge is 0.497 e. The van der Waals surface area contributed by atoms with Crippen LogP contribution in [0.3, 0.4) is 0 Å². The summed E-state index contributed by atoms with van der Waals surface area (Å²) in [6, 6.07) is 15.0. The third-order valence-corrected chi connectivity index (χ3v) is 3.81. The van der Waals surface area contributed by atoms with Gasteiger partial charge in [0.15, 0.2) is 0 Å². The molecule has 5 heteroatoms. The molecule has 0 bridgehead atoms. The molecular weight excluding hydrogens is 292 g/mol. The second-order valence-electron chi connectivity index (χ2n) is 5.34. The second-order valence-corrected chi connectivity index (χ2v) is 5.34. The Labute approximate surface area is 135 Å². The average molecular weight is 312 g/mol. The maximum atomic E-state index is 12.4. The van der Waals surface area contributed by atoms with Gasteiger partial charge in [-0.25, -0.2) is 0 Å². The van der Waals surface area contributed by atoms with Crippen LogP contribution in [-0.2, 0) is 4.74 Å². The molecule has 1 N–H and O–H groups in total. The van der Waals surface area contributed by atoms with Crippen molar-refractivity contribution in [1.29, 1.82) is 0 Å². The molecule has 0 atom stereocenters. The minimum atomic E-state index is -0.150. The smallest absolute Gasteiger partial charge is 0.255 e. The van der Waals surface area contributed by atoms with Gasteiger partial charge < -0.3 is 19.7 Å². The zero-order chi connectivity index (χ0) is 16.1.